The summed E-state index contributed by atoms with van der Waals surface area (Å²) in [7, 11) is 0. The van der Waals surface area contributed by atoms with Crippen LogP contribution in [0.5, 0.6) is 0 Å². The van der Waals surface area contributed by atoms with Gasteiger partial charge in [-0.25, -0.2) is 4.79 Å². The highest BCUT2D eigenvalue weighted by atomic mass is 16.2. The van der Waals surface area contributed by atoms with Crippen LogP contribution in [0.1, 0.15) is 33.6 Å². The van der Waals surface area contributed by atoms with Crippen LogP contribution in [0, 0.1) is 5.41 Å². The van der Waals surface area contributed by atoms with Gasteiger partial charge in [0.05, 0.1) is 12.1 Å². The molecule has 0 saturated carbocycles. The fraction of sp³-hybridized carbons (Fsp3) is 0.769. The summed E-state index contributed by atoms with van der Waals surface area (Å²) in [4.78, 5) is 39.2. The molecule has 0 spiro atoms. The van der Waals surface area contributed by atoms with Gasteiger partial charge in [-0.2, -0.15) is 0 Å². The van der Waals surface area contributed by atoms with Gasteiger partial charge in [-0.1, -0.05) is 20.8 Å². The summed E-state index contributed by atoms with van der Waals surface area (Å²) < 4.78 is 0. The van der Waals surface area contributed by atoms with E-state index in [0.717, 1.165) is 6.42 Å². The maximum Gasteiger partial charge on any atom is 0.325 e. The van der Waals surface area contributed by atoms with Crippen molar-refractivity contribution >= 4 is 17.8 Å². The quantitative estimate of drug-likeness (QED) is 0.694. The number of nitrogens with zero attached hydrogens (tertiary/aromatic N) is 2. The molecule has 104 valence electrons. The van der Waals surface area contributed by atoms with E-state index in [1.165, 1.54) is 0 Å². The summed E-state index contributed by atoms with van der Waals surface area (Å²) in [6.07, 6.45) is 1.21. The van der Waals surface area contributed by atoms with Crippen LogP contribution in [0.3, 0.4) is 0 Å². The number of carbonyl (C=O) groups excluding carboxylic acids is 3. The lowest BCUT2D eigenvalue weighted by Gasteiger charge is -2.36. The third-order valence-electron chi connectivity index (χ3n) is 4.11. The number of urea groups is 1. The van der Waals surface area contributed by atoms with E-state index in [4.69, 9.17) is 0 Å². The maximum atomic E-state index is 12.3. The van der Waals surface area contributed by atoms with Crippen molar-refractivity contribution in [2.75, 3.05) is 6.54 Å². The highest BCUT2D eigenvalue weighted by molar-refractivity contribution is 6.06. The minimum absolute atomic E-state index is 0.00497. The Kier molecular flexibility index (Phi) is 2.43. The molecule has 3 atom stereocenters. The summed E-state index contributed by atoms with van der Waals surface area (Å²) in [6, 6.07) is -0.891. The van der Waals surface area contributed by atoms with E-state index in [0.29, 0.717) is 13.0 Å². The van der Waals surface area contributed by atoms with E-state index < -0.39 is 6.04 Å². The zero-order valence-corrected chi connectivity index (χ0v) is 11.5. The van der Waals surface area contributed by atoms with Gasteiger partial charge >= 0.3 is 6.03 Å². The first-order valence-electron chi connectivity index (χ1n) is 6.70. The van der Waals surface area contributed by atoms with Gasteiger partial charge in [0.1, 0.15) is 6.04 Å². The van der Waals surface area contributed by atoms with Crippen LogP contribution in [-0.2, 0) is 9.59 Å². The molecule has 3 aliphatic heterocycles. The molecule has 3 saturated heterocycles. The van der Waals surface area contributed by atoms with Gasteiger partial charge in [-0.15, -0.1) is 0 Å². The zero-order chi connectivity index (χ0) is 13.9. The van der Waals surface area contributed by atoms with Gasteiger partial charge in [-0.3, -0.25) is 14.9 Å². The first-order chi connectivity index (χ1) is 8.78. The number of piperazine rings is 1. The standard InChI is InChI=1S/C13H19N3O3/c1-13(2,3)5-9(17)15-6-7-4-8(15)10-11(18)14-12(19)16(7)10/h7-8,10H,4-6H2,1-3H3,(H,14,18,19). The Balaban J connectivity index is 1.78. The number of hydrogen-bond acceptors (Lipinski definition) is 3. The Labute approximate surface area is 112 Å². The monoisotopic (exact) mass is 265 g/mol. The highest BCUT2D eigenvalue weighted by Crippen LogP contribution is 2.39. The van der Waals surface area contributed by atoms with E-state index >= 15 is 0 Å². The molecule has 4 amide bonds. The lowest BCUT2D eigenvalue weighted by molar-refractivity contribution is -0.137. The smallest absolute Gasteiger partial charge is 0.325 e. The van der Waals surface area contributed by atoms with Gasteiger partial charge in [0.2, 0.25) is 5.91 Å². The minimum Gasteiger partial charge on any atom is -0.335 e. The van der Waals surface area contributed by atoms with Crippen LogP contribution in [0.25, 0.3) is 0 Å². The van der Waals surface area contributed by atoms with Gasteiger partial charge < -0.3 is 9.80 Å². The van der Waals surface area contributed by atoms with E-state index in [9.17, 15) is 14.4 Å². The Morgan fingerprint density at radius 3 is 2.68 bits per heavy atom. The van der Waals surface area contributed by atoms with E-state index in [1.54, 1.807) is 9.80 Å². The van der Waals surface area contributed by atoms with Crippen LogP contribution < -0.4 is 5.32 Å². The Hall–Kier alpha value is -1.59. The molecule has 3 aliphatic rings. The molecule has 1 N–H and O–H groups in total. The first-order valence-corrected chi connectivity index (χ1v) is 6.70. The molecule has 2 bridgehead atoms. The molecule has 3 unspecified atom stereocenters. The second-order valence-corrected chi connectivity index (χ2v) is 6.89. The Bertz CT molecular complexity index is 468. The normalized spacial score (nSPS) is 32.9. The van der Waals surface area contributed by atoms with Crippen molar-refractivity contribution in [3.8, 4) is 0 Å². The topological polar surface area (TPSA) is 69.7 Å². The fourth-order valence-electron chi connectivity index (χ4n) is 3.44. The van der Waals surface area contributed by atoms with Gasteiger partial charge in [0, 0.05) is 13.0 Å². The Morgan fingerprint density at radius 2 is 2.05 bits per heavy atom. The average Bonchev–Trinajstić information content (AvgIpc) is 2.88. The highest BCUT2D eigenvalue weighted by Gasteiger charge is 2.59. The van der Waals surface area contributed by atoms with Crippen molar-refractivity contribution in [1.82, 2.24) is 15.1 Å². The predicted octanol–water partition coefficient (Wildman–Crippen LogP) is 0.326. The lowest BCUT2D eigenvalue weighted by atomic mass is 9.91. The maximum absolute atomic E-state index is 12.3. The van der Waals surface area contributed by atoms with Crippen molar-refractivity contribution in [3.05, 3.63) is 0 Å². The molecule has 19 heavy (non-hydrogen) atoms. The van der Waals surface area contributed by atoms with Crippen molar-refractivity contribution in [3.63, 3.8) is 0 Å². The zero-order valence-electron chi connectivity index (χ0n) is 11.5. The average molecular weight is 265 g/mol. The SMILES string of the molecule is CC(C)(C)CC(=O)N1CC2CC1C1C(=O)NC(=O)N21. The predicted molar refractivity (Wildman–Crippen MR) is 67.1 cm³/mol. The number of rotatable bonds is 1. The third kappa shape index (κ3) is 1.81. The lowest BCUT2D eigenvalue weighted by Crippen LogP contribution is -2.55. The third-order valence-corrected chi connectivity index (χ3v) is 4.11. The van der Waals surface area contributed by atoms with Gasteiger partial charge in [0.25, 0.3) is 5.91 Å². The molecule has 3 heterocycles. The molecule has 0 aromatic rings. The van der Waals surface area contributed by atoms with Crippen LogP contribution in [0.4, 0.5) is 4.79 Å². The molecule has 6 nitrogen and oxygen atoms in total. The number of fused-ring (bicyclic) bond motifs is 5. The number of imide groups is 1. The van der Waals surface area contributed by atoms with Crippen LogP contribution in [-0.4, -0.2) is 52.3 Å². The molecule has 0 aromatic carbocycles. The summed E-state index contributed by atoms with van der Waals surface area (Å²) in [6.45, 7) is 6.64. The van der Waals surface area contributed by atoms with Crippen LogP contribution >= 0.6 is 0 Å². The number of nitrogens with one attached hydrogen (secondary N) is 1. The number of amides is 4. The molecule has 0 radical (unpaired) electrons. The number of hydrogen-bond donors (Lipinski definition) is 1. The van der Waals surface area contributed by atoms with E-state index in [2.05, 4.69) is 5.32 Å². The fourth-order valence-corrected chi connectivity index (χ4v) is 3.44. The first kappa shape index (κ1) is 12.4. The largest absolute Gasteiger partial charge is 0.335 e. The number of likely N-dealkylation sites (tertiary alicyclic amines) is 1. The summed E-state index contributed by atoms with van der Waals surface area (Å²) in [5, 5.41) is 2.34. The van der Waals surface area contributed by atoms with Crippen molar-refractivity contribution < 1.29 is 14.4 Å². The number of carbonyl (C=O) groups is 3. The molecule has 3 fully saturated rings. The summed E-state index contributed by atoms with van der Waals surface area (Å²) in [5.74, 6) is -0.169. The second kappa shape index (κ2) is 3.71. The second-order valence-electron chi connectivity index (χ2n) is 6.89. The van der Waals surface area contributed by atoms with Crippen molar-refractivity contribution in [2.24, 2.45) is 5.41 Å². The summed E-state index contributed by atoms with van der Waals surface area (Å²) in [5.41, 5.74) is -0.0631. The molecule has 0 aromatic heterocycles. The van der Waals surface area contributed by atoms with E-state index in [1.807, 2.05) is 20.8 Å². The molecular formula is C13H19N3O3. The van der Waals surface area contributed by atoms with Crippen molar-refractivity contribution in [2.45, 2.75) is 51.7 Å². The van der Waals surface area contributed by atoms with Crippen LogP contribution in [0.15, 0.2) is 0 Å². The minimum atomic E-state index is -0.463. The Morgan fingerprint density at radius 1 is 1.37 bits per heavy atom. The molecule has 3 rings (SSSR count). The molecular weight excluding hydrogens is 246 g/mol. The van der Waals surface area contributed by atoms with Gasteiger partial charge in [0.15, 0.2) is 0 Å². The summed E-state index contributed by atoms with van der Waals surface area (Å²) >= 11 is 0. The van der Waals surface area contributed by atoms with Gasteiger partial charge in [-0.05, 0) is 11.8 Å². The molecule has 6 heteroatoms. The van der Waals surface area contributed by atoms with Crippen LogP contribution in [0.2, 0.25) is 0 Å². The van der Waals surface area contributed by atoms with Crippen molar-refractivity contribution in [1.29, 1.82) is 0 Å². The van der Waals surface area contributed by atoms with E-state index in [-0.39, 0.29) is 35.3 Å². The molecule has 0 aliphatic carbocycles.